The van der Waals surface area contributed by atoms with Crippen molar-refractivity contribution < 1.29 is 9.18 Å². The largest absolute Gasteiger partial charge is 0.366 e. The second kappa shape index (κ2) is 7.25. The van der Waals surface area contributed by atoms with E-state index in [-0.39, 0.29) is 11.7 Å². The molecule has 1 aliphatic rings. The van der Waals surface area contributed by atoms with Crippen molar-refractivity contribution in [2.24, 2.45) is 0 Å². The smallest absolute Gasteiger partial charge is 0.246 e. The number of halogens is 1. The van der Waals surface area contributed by atoms with Crippen LogP contribution in [0.25, 0.3) is 16.3 Å². The summed E-state index contributed by atoms with van der Waals surface area (Å²) in [6, 6.07) is 14.7. The van der Waals surface area contributed by atoms with E-state index in [4.69, 9.17) is 0 Å². The number of hydrogen-bond donors (Lipinski definition) is 0. The zero-order valence-electron chi connectivity index (χ0n) is 14.1. The summed E-state index contributed by atoms with van der Waals surface area (Å²) < 4.78 is 15.0. The van der Waals surface area contributed by atoms with Crippen molar-refractivity contribution in [2.45, 2.75) is 0 Å². The van der Waals surface area contributed by atoms with Crippen molar-refractivity contribution in [1.29, 1.82) is 0 Å². The summed E-state index contributed by atoms with van der Waals surface area (Å²) in [6.45, 7) is 2.41. The van der Waals surface area contributed by atoms with E-state index in [2.05, 4.69) is 4.98 Å². The van der Waals surface area contributed by atoms with E-state index in [0.29, 0.717) is 31.9 Å². The van der Waals surface area contributed by atoms with E-state index >= 15 is 0 Å². The van der Waals surface area contributed by atoms with Gasteiger partial charge < -0.3 is 9.80 Å². The first-order valence-corrected chi connectivity index (χ1v) is 9.34. The van der Waals surface area contributed by atoms with Gasteiger partial charge in [0.05, 0.1) is 15.9 Å². The number of benzene rings is 2. The Bertz CT molecular complexity index is 927. The average Bonchev–Trinajstić information content (AvgIpc) is 3.10. The van der Waals surface area contributed by atoms with E-state index in [0.717, 1.165) is 15.2 Å². The number of para-hydroxylation sites is 2. The number of carbonyl (C=O) groups excluding carboxylic acids is 1. The molecule has 1 saturated heterocycles. The van der Waals surface area contributed by atoms with Gasteiger partial charge >= 0.3 is 0 Å². The molecular formula is C20H18FN3OS. The molecule has 0 unspecified atom stereocenters. The van der Waals surface area contributed by atoms with Crippen LogP contribution in [-0.4, -0.2) is 42.0 Å². The predicted molar refractivity (Wildman–Crippen MR) is 104 cm³/mol. The molecule has 26 heavy (non-hydrogen) atoms. The van der Waals surface area contributed by atoms with Gasteiger partial charge in [-0.25, -0.2) is 9.37 Å². The quantitative estimate of drug-likeness (QED) is 0.661. The number of carbonyl (C=O) groups is 1. The molecular weight excluding hydrogens is 349 g/mol. The number of nitrogens with zero attached hydrogens (tertiary/aromatic N) is 3. The Hall–Kier alpha value is -2.73. The summed E-state index contributed by atoms with van der Waals surface area (Å²) in [7, 11) is 0. The first-order valence-electron chi connectivity index (χ1n) is 8.53. The number of hydrogen-bond acceptors (Lipinski definition) is 4. The summed E-state index contributed by atoms with van der Waals surface area (Å²) in [4.78, 5) is 20.7. The Balaban J connectivity index is 1.38. The van der Waals surface area contributed by atoms with Gasteiger partial charge in [0, 0.05) is 32.3 Å². The molecule has 2 aromatic carbocycles. The first kappa shape index (κ1) is 16.7. The molecule has 0 bridgehead atoms. The minimum absolute atomic E-state index is 0.0301. The number of rotatable bonds is 3. The van der Waals surface area contributed by atoms with E-state index in [1.54, 1.807) is 40.5 Å². The lowest BCUT2D eigenvalue weighted by Crippen LogP contribution is -2.48. The highest BCUT2D eigenvalue weighted by Crippen LogP contribution is 2.23. The second-order valence-electron chi connectivity index (χ2n) is 6.12. The molecule has 1 fully saturated rings. The molecule has 1 aliphatic heterocycles. The number of aromatic nitrogens is 1. The van der Waals surface area contributed by atoms with Crippen LogP contribution in [0.1, 0.15) is 5.01 Å². The van der Waals surface area contributed by atoms with Crippen LogP contribution in [0.2, 0.25) is 0 Å². The monoisotopic (exact) mass is 367 g/mol. The third kappa shape index (κ3) is 3.46. The van der Waals surface area contributed by atoms with Crippen molar-refractivity contribution in [3.05, 3.63) is 65.4 Å². The highest BCUT2D eigenvalue weighted by atomic mass is 32.1. The summed E-state index contributed by atoms with van der Waals surface area (Å²) in [5, 5.41) is 0.824. The Morgan fingerprint density at radius 2 is 1.77 bits per heavy atom. The predicted octanol–water partition coefficient (Wildman–Crippen LogP) is 3.80. The Labute approximate surface area is 155 Å². The average molecular weight is 367 g/mol. The normalized spacial score (nSPS) is 15.1. The molecule has 0 saturated carbocycles. The van der Waals surface area contributed by atoms with Gasteiger partial charge in [-0.3, -0.25) is 4.79 Å². The SMILES string of the molecule is O=C(/C=C/c1nc2ccccc2s1)N1CCN(c2ccccc2F)CC1. The van der Waals surface area contributed by atoms with Crippen molar-refractivity contribution in [3.8, 4) is 0 Å². The highest BCUT2D eigenvalue weighted by molar-refractivity contribution is 7.19. The van der Waals surface area contributed by atoms with Crippen molar-refractivity contribution in [3.63, 3.8) is 0 Å². The molecule has 0 radical (unpaired) electrons. The van der Waals surface area contributed by atoms with Gasteiger partial charge in [0.2, 0.25) is 5.91 Å². The van der Waals surface area contributed by atoms with Crippen LogP contribution in [-0.2, 0) is 4.79 Å². The third-order valence-corrected chi connectivity index (χ3v) is 5.47. The highest BCUT2D eigenvalue weighted by Gasteiger charge is 2.21. The zero-order valence-corrected chi connectivity index (χ0v) is 15.0. The van der Waals surface area contributed by atoms with Gasteiger partial charge in [0.1, 0.15) is 10.8 Å². The molecule has 4 nitrogen and oxygen atoms in total. The third-order valence-electron chi connectivity index (χ3n) is 4.46. The number of anilines is 1. The van der Waals surface area contributed by atoms with Crippen LogP contribution in [0.3, 0.4) is 0 Å². The number of piperazine rings is 1. The van der Waals surface area contributed by atoms with Gasteiger partial charge in [-0.15, -0.1) is 11.3 Å². The fraction of sp³-hybridized carbons (Fsp3) is 0.200. The molecule has 0 aliphatic carbocycles. The summed E-state index contributed by atoms with van der Waals surface area (Å²) in [5.41, 5.74) is 1.55. The van der Waals surface area contributed by atoms with E-state index in [9.17, 15) is 9.18 Å². The molecule has 6 heteroatoms. The van der Waals surface area contributed by atoms with Crippen LogP contribution < -0.4 is 4.90 Å². The first-order chi connectivity index (χ1) is 12.7. The van der Waals surface area contributed by atoms with Gasteiger partial charge in [0.15, 0.2) is 0 Å². The number of fused-ring (bicyclic) bond motifs is 1. The number of thiazole rings is 1. The molecule has 0 spiro atoms. The zero-order chi connectivity index (χ0) is 17.9. The van der Waals surface area contributed by atoms with Gasteiger partial charge in [-0.05, 0) is 30.3 Å². The fourth-order valence-corrected chi connectivity index (χ4v) is 3.96. The lowest BCUT2D eigenvalue weighted by Gasteiger charge is -2.35. The summed E-state index contributed by atoms with van der Waals surface area (Å²) >= 11 is 1.57. The molecule has 3 aromatic rings. The van der Waals surface area contributed by atoms with Gasteiger partial charge in [-0.1, -0.05) is 24.3 Å². The molecule has 2 heterocycles. The van der Waals surface area contributed by atoms with Crippen LogP contribution in [0.5, 0.6) is 0 Å². The van der Waals surface area contributed by atoms with E-state index in [1.165, 1.54) is 6.07 Å². The van der Waals surface area contributed by atoms with Gasteiger partial charge in [-0.2, -0.15) is 0 Å². The lowest BCUT2D eigenvalue weighted by molar-refractivity contribution is -0.126. The molecule has 0 N–H and O–H groups in total. The fourth-order valence-electron chi connectivity index (χ4n) is 3.09. The van der Waals surface area contributed by atoms with Crippen molar-refractivity contribution in [2.75, 3.05) is 31.1 Å². The Morgan fingerprint density at radius 3 is 2.54 bits per heavy atom. The van der Waals surface area contributed by atoms with E-state index < -0.39 is 0 Å². The van der Waals surface area contributed by atoms with Crippen LogP contribution in [0, 0.1) is 5.82 Å². The Morgan fingerprint density at radius 1 is 1.04 bits per heavy atom. The molecule has 132 valence electrons. The molecule has 4 rings (SSSR count). The maximum Gasteiger partial charge on any atom is 0.246 e. The minimum Gasteiger partial charge on any atom is -0.366 e. The van der Waals surface area contributed by atoms with Gasteiger partial charge in [0.25, 0.3) is 0 Å². The number of amides is 1. The second-order valence-corrected chi connectivity index (χ2v) is 7.18. The lowest BCUT2D eigenvalue weighted by atomic mass is 10.2. The van der Waals surface area contributed by atoms with Crippen molar-refractivity contribution >= 4 is 39.2 Å². The van der Waals surface area contributed by atoms with Crippen LogP contribution in [0.15, 0.2) is 54.6 Å². The molecule has 1 amide bonds. The summed E-state index contributed by atoms with van der Waals surface area (Å²) in [5.74, 6) is -0.250. The maximum atomic E-state index is 13.9. The topological polar surface area (TPSA) is 36.4 Å². The van der Waals surface area contributed by atoms with E-state index in [1.807, 2.05) is 35.2 Å². The minimum atomic E-state index is -0.219. The Kier molecular flexibility index (Phi) is 4.67. The van der Waals surface area contributed by atoms with Crippen molar-refractivity contribution in [1.82, 2.24) is 9.88 Å². The van der Waals surface area contributed by atoms with Crippen LogP contribution in [0.4, 0.5) is 10.1 Å². The molecule has 0 atom stereocenters. The standard InChI is InChI=1S/C20H18FN3OS/c21-15-5-1-3-7-17(15)23-11-13-24(14-12-23)20(25)10-9-19-22-16-6-2-4-8-18(16)26-19/h1-10H,11-14H2/b10-9+. The molecule has 1 aromatic heterocycles. The van der Waals surface area contributed by atoms with Crippen LogP contribution >= 0.6 is 11.3 Å². The summed E-state index contributed by atoms with van der Waals surface area (Å²) in [6.07, 6.45) is 3.35. The maximum absolute atomic E-state index is 13.9.